The molecule has 1 fully saturated rings. The number of para-hydroxylation sites is 2. The summed E-state index contributed by atoms with van der Waals surface area (Å²) in [5.41, 5.74) is 2.45. The Morgan fingerprint density at radius 3 is 2.52 bits per heavy atom. The minimum atomic E-state index is -1.00. The minimum absolute atomic E-state index is 0.0654. The van der Waals surface area contributed by atoms with E-state index in [0.717, 1.165) is 12.1 Å². The van der Waals surface area contributed by atoms with E-state index in [1.165, 1.54) is 12.5 Å². The van der Waals surface area contributed by atoms with Gasteiger partial charge in [0.25, 0.3) is 5.91 Å². The van der Waals surface area contributed by atoms with Crippen LogP contribution < -0.4 is 15.0 Å². The smallest absolute Gasteiger partial charge is 0.312 e. The third kappa shape index (κ3) is 5.42. The Balaban J connectivity index is 1.58. The summed E-state index contributed by atoms with van der Waals surface area (Å²) >= 11 is 0. The van der Waals surface area contributed by atoms with Gasteiger partial charge in [-0.1, -0.05) is 31.2 Å². The fourth-order valence-electron chi connectivity index (χ4n) is 3.44. The van der Waals surface area contributed by atoms with Crippen molar-refractivity contribution in [3.05, 3.63) is 54.1 Å². The fraction of sp³-hybridized carbons (Fsp3) is 0.375. The van der Waals surface area contributed by atoms with Crippen LogP contribution in [-0.4, -0.2) is 37.0 Å². The maximum absolute atomic E-state index is 12.6. The van der Waals surface area contributed by atoms with Crippen molar-refractivity contribution < 1.29 is 23.9 Å². The number of nitrogens with one attached hydrogen (secondary N) is 1. The lowest BCUT2D eigenvalue weighted by Gasteiger charge is -2.18. The Morgan fingerprint density at radius 2 is 1.84 bits per heavy atom. The number of hydrogen-bond donors (Lipinski definition) is 1. The molecule has 1 N–H and O–H groups in total. The van der Waals surface area contributed by atoms with Crippen LogP contribution in [0.15, 0.2) is 48.5 Å². The van der Waals surface area contributed by atoms with E-state index < -0.39 is 23.9 Å². The number of anilines is 2. The van der Waals surface area contributed by atoms with Crippen molar-refractivity contribution in [2.75, 3.05) is 23.4 Å². The van der Waals surface area contributed by atoms with Gasteiger partial charge in [0.2, 0.25) is 5.91 Å². The van der Waals surface area contributed by atoms with Crippen molar-refractivity contribution in [1.82, 2.24) is 0 Å². The normalized spacial score (nSPS) is 16.7. The molecule has 2 amide bonds. The number of amides is 2. The monoisotopic (exact) mass is 424 g/mol. The van der Waals surface area contributed by atoms with E-state index in [1.807, 2.05) is 37.3 Å². The number of ether oxygens (including phenoxy) is 2. The molecule has 0 aliphatic carbocycles. The summed E-state index contributed by atoms with van der Waals surface area (Å²) in [7, 11) is 0. The van der Waals surface area contributed by atoms with Crippen molar-refractivity contribution >= 4 is 29.2 Å². The average molecular weight is 424 g/mol. The van der Waals surface area contributed by atoms with Gasteiger partial charge in [-0.3, -0.25) is 14.4 Å². The standard InChI is InChI=1S/C24H28N2O5/c1-4-17-10-12-19(13-11-17)26-15-18(14-22(26)27)24(29)31-16(3)23(28)25-20-8-6-7-9-21(20)30-5-2/h6-13,16,18H,4-5,14-15H2,1-3H3,(H,25,28). The zero-order chi connectivity index (χ0) is 22.4. The topological polar surface area (TPSA) is 84.9 Å². The lowest BCUT2D eigenvalue weighted by atomic mass is 10.1. The molecule has 1 heterocycles. The molecule has 0 saturated carbocycles. The molecule has 164 valence electrons. The Bertz CT molecular complexity index is 941. The van der Waals surface area contributed by atoms with Gasteiger partial charge in [0.05, 0.1) is 18.2 Å². The summed E-state index contributed by atoms with van der Waals surface area (Å²) < 4.78 is 10.9. The number of carbonyl (C=O) groups excluding carboxylic acids is 3. The number of esters is 1. The lowest BCUT2D eigenvalue weighted by molar-refractivity contribution is -0.157. The Hall–Kier alpha value is -3.35. The van der Waals surface area contributed by atoms with Crippen LogP contribution in [0.3, 0.4) is 0 Å². The predicted octanol–water partition coefficient (Wildman–Crippen LogP) is 3.57. The summed E-state index contributed by atoms with van der Waals surface area (Å²) in [6.45, 7) is 6.13. The summed E-state index contributed by atoms with van der Waals surface area (Å²) in [5.74, 6) is -1.21. The zero-order valence-corrected chi connectivity index (χ0v) is 18.1. The zero-order valence-electron chi connectivity index (χ0n) is 18.1. The molecule has 31 heavy (non-hydrogen) atoms. The lowest BCUT2D eigenvalue weighted by Crippen LogP contribution is -2.33. The van der Waals surface area contributed by atoms with Crippen LogP contribution >= 0.6 is 0 Å². The van der Waals surface area contributed by atoms with Crippen LogP contribution in [0, 0.1) is 5.92 Å². The molecule has 0 radical (unpaired) electrons. The third-order valence-corrected chi connectivity index (χ3v) is 5.22. The Morgan fingerprint density at radius 1 is 1.13 bits per heavy atom. The second-order valence-corrected chi connectivity index (χ2v) is 7.42. The highest BCUT2D eigenvalue weighted by Crippen LogP contribution is 2.27. The SMILES string of the molecule is CCOc1ccccc1NC(=O)C(C)OC(=O)C1CC(=O)N(c2ccc(CC)cc2)C1. The average Bonchev–Trinajstić information content (AvgIpc) is 3.17. The fourth-order valence-corrected chi connectivity index (χ4v) is 3.44. The van der Waals surface area contributed by atoms with Crippen LogP contribution in [0.25, 0.3) is 0 Å². The molecule has 1 aliphatic heterocycles. The van der Waals surface area contributed by atoms with Crippen molar-refractivity contribution in [3.8, 4) is 5.75 Å². The summed E-state index contributed by atoms with van der Waals surface area (Å²) in [6, 6.07) is 14.8. The molecule has 7 heteroatoms. The molecule has 2 atom stereocenters. The summed E-state index contributed by atoms with van der Waals surface area (Å²) in [6.07, 6.45) is -0.0243. The third-order valence-electron chi connectivity index (χ3n) is 5.22. The van der Waals surface area contributed by atoms with E-state index in [4.69, 9.17) is 9.47 Å². The Kier molecular flexibility index (Phi) is 7.28. The van der Waals surface area contributed by atoms with E-state index >= 15 is 0 Å². The number of hydrogen-bond acceptors (Lipinski definition) is 5. The van der Waals surface area contributed by atoms with E-state index in [0.29, 0.717) is 18.0 Å². The van der Waals surface area contributed by atoms with Gasteiger partial charge in [0.15, 0.2) is 6.10 Å². The summed E-state index contributed by atoms with van der Waals surface area (Å²) in [5, 5.41) is 2.73. The second kappa shape index (κ2) is 10.1. The van der Waals surface area contributed by atoms with Crippen molar-refractivity contribution in [2.24, 2.45) is 5.92 Å². The molecular formula is C24H28N2O5. The highest BCUT2D eigenvalue weighted by Gasteiger charge is 2.37. The maximum Gasteiger partial charge on any atom is 0.312 e. The highest BCUT2D eigenvalue weighted by atomic mass is 16.5. The van der Waals surface area contributed by atoms with Gasteiger partial charge >= 0.3 is 5.97 Å². The van der Waals surface area contributed by atoms with Crippen molar-refractivity contribution in [2.45, 2.75) is 39.7 Å². The van der Waals surface area contributed by atoms with Gasteiger partial charge in [-0.2, -0.15) is 0 Å². The van der Waals surface area contributed by atoms with E-state index in [9.17, 15) is 14.4 Å². The molecule has 3 rings (SSSR count). The van der Waals surface area contributed by atoms with Gasteiger partial charge in [-0.05, 0) is 50.1 Å². The molecule has 0 aromatic heterocycles. The first kappa shape index (κ1) is 22.3. The van der Waals surface area contributed by atoms with E-state index in [1.54, 1.807) is 23.1 Å². The van der Waals surface area contributed by atoms with Crippen LogP contribution in [0.1, 0.15) is 32.8 Å². The van der Waals surface area contributed by atoms with Crippen LogP contribution in [0.2, 0.25) is 0 Å². The van der Waals surface area contributed by atoms with Gasteiger partial charge < -0.3 is 19.7 Å². The molecule has 7 nitrogen and oxygen atoms in total. The number of benzene rings is 2. The van der Waals surface area contributed by atoms with Gasteiger partial charge in [-0.15, -0.1) is 0 Å². The van der Waals surface area contributed by atoms with Gasteiger partial charge in [0, 0.05) is 18.7 Å². The first-order valence-electron chi connectivity index (χ1n) is 10.5. The predicted molar refractivity (Wildman–Crippen MR) is 118 cm³/mol. The largest absolute Gasteiger partial charge is 0.492 e. The number of aryl methyl sites for hydroxylation is 1. The van der Waals surface area contributed by atoms with E-state index in [2.05, 4.69) is 12.2 Å². The van der Waals surface area contributed by atoms with Gasteiger partial charge in [-0.25, -0.2) is 0 Å². The molecule has 0 bridgehead atoms. The number of carbonyl (C=O) groups is 3. The van der Waals surface area contributed by atoms with Crippen molar-refractivity contribution in [1.29, 1.82) is 0 Å². The summed E-state index contributed by atoms with van der Waals surface area (Å²) in [4.78, 5) is 39.1. The van der Waals surface area contributed by atoms with Gasteiger partial charge in [0.1, 0.15) is 5.75 Å². The number of nitrogens with zero attached hydrogens (tertiary/aromatic N) is 1. The van der Waals surface area contributed by atoms with Crippen LogP contribution in [0.4, 0.5) is 11.4 Å². The molecule has 2 aromatic carbocycles. The number of rotatable bonds is 8. The second-order valence-electron chi connectivity index (χ2n) is 7.42. The van der Waals surface area contributed by atoms with Crippen LogP contribution in [-0.2, 0) is 25.5 Å². The first-order valence-corrected chi connectivity index (χ1v) is 10.5. The van der Waals surface area contributed by atoms with E-state index in [-0.39, 0.29) is 18.9 Å². The molecule has 0 spiro atoms. The Labute approximate surface area is 182 Å². The molecule has 2 unspecified atom stereocenters. The first-order chi connectivity index (χ1) is 14.9. The highest BCUT2D eigenvalue weighted by molar-refractivity contribution is 6.00. The van der Waals surface area contributed by atoms with Crippen molar-refractivity contribution in [3.63, 3.8) is 0 Å². The van der Waals surface area contributed by atoms with Crippen LogP contribution in [0.5, 0.6) is 5.75 Å². The minimum Gasteiger partial charge on any atom is -0.492 e. The maximum atomic E-state index is 12.6. The molecular weight excluding hydrogens is 396 g/mol. The molecule has 1 saturated heterocycles. The molecule has 2 aromatic rings. The molecule has 1 aliphatic rings. The quantitative estimate of drug-likeness (QED) is 0.655.